The molecule has 1 saturated carbocycles. The first-order valence-corrected chi connectivity index (χ1v) is 11.6. The Labute approximate surface area is 194 Å². The molecule has 0 unspecified atom stereocenters. The number of nitriles is 1. The molecule has 0 bridgehead atoms. The van der Waals surface area contributed by atoms with Crippen molar-refractivity contribution >= 4 is 18.0 Å². The Morgan fingerprint density at radius 2 is 1.91 bits per heavy atom. The fourth-order valence-electron chi connectivity index (χ4n) is 4.48. The molecule has 8 heteroatoms. The third-order valence-electron chi connectivity index (χ3n) is 6.56. The van der Waals surface area contributed by atoms with Crippen LogP contribution in [0.4, 0.5) is 5.82 Å². The van der Waals surface area contributed by atoms with Gasteiger partial charge in [-0.3, -0.25) is 4.79 Å². The number of aryl methyl sites for hydroxylation is 1. The van der Waals surface area contributed by atoms with Crippen LogP contribution >= 0.6 is 0 Å². The van der Waals surface area contributed by atoms with E-state index in [0.29, 0.717) is 11.3 Å². The lowest BCUT2D eigenvalue weighted by atomic mass is 9.92. The van der Waals surface area contributed by atoms with Gasteiger partial charge in [-0.15, -0.1) is 0 Å². The second-order valence-electron chi connectivity index (χ2n) is 8.87. The highest BCUT2D eigenvalue weighted by molar-refractivity contribution is 5.92. The van der Waals surface area contributed by atoms with Gasteiger partial charge in [0.05, 0.1) is 30.1 Å². The zero-order valence-electron chi connectivity index (χ0n) is 18.9. The van der Waals surface area contributed by atoms with Gasteiger partial charge in [-0.25, -0.2) is 9.97 Å². The largest absolute Gasteiger partial charge is 0.490 e. The molecule has 1 aromatic heterocycles. The fourth-order valence-corrected chi connectivity index (χ4v) is 4.48. The standard InChI is InChI=1S/C25H29N5O3/c1-17-12-22(5-2-19(17)13-26)33-21-6-3-20(4-7-21)29-25(32)23-14-28-24(15-27-23)30-10-8-18(16-31)9-11-30/h2,5,12,14-16,18,20-21H,3-4,6-11H2,1H3,(H,29,32). The van der Waals surface area contributed by atoms with Gasteiger partial charge < -0.3 is 19.7 Å². The van der Waals surface area contributed by atoms with Crippen molar-refractivity contribution in [1.82, 2.24) is 15.3 Å². The van der Waals surface area contributed by atoms with Crippen LogP contribution in [0.5, 0.6) is 5.75 Å². The molecule has 33 heavy (non-hydrogen) atoms. The summed E-state index contributed by atoms with van der Waals surface area (Å²) in [6, 6.07) is 7.78. The number of carbonyl (C=O) groups excluding carboxylic acids is 2. The van der Waals surface area contributed by atoms with Crippen LogP contribution in [0.25, 0.3) is 0 Å². The zero-order valence-corrected chi connectivity index (χ0v) is 18.9. The molecule has 0 spiro atoms. The molecule has 0 atom stereocenters. The Hall–Kier alpha value is -3.47. The summed E-state index contributed by atoms with van der Waals surface area (Å²) >= 11 is 0. The van der Waals surface area contributed by atoms with Crippen LogP contribution in [0.2, 0.25) is 0 Å². The average Bonchev–Trinajstić information content (AvgIpc) is 2.85. The Kier molecular flexibility index (Phi) is 7.18. The fraction of sp³-hybridized carbons (Fsp3) is 0.480. The molecule has 4 rings (SSSR count). The number of carbonyl (C=O) groups is 2. The molecule has 2 aliphatic rings. The molecule has 2 heterocycles. The number of aldehydes is 1. The van der Waals surface area contributed by atoms with Crippen LogP contribution in [0, 0.1) is 24.2 Å². The van der Waals surface area contributed by atoms with E-state index in [1.807, 2.05) is 19.1 Å². The number of piperidine rings is 1. The highest BCUT2D eigenvalue weighted by Gasteiger charge is 2.25. The number of nitrogens with one attached hydrogen (secondary N) is 1. The minimum absolute atomic E-state index is 0.0869. The Bertz CT molecular complexity index is 1020. The lowest BCUT2D eigenvalue weighted by Gasteiger charge is -2.30. The van der Waals surface area contributed by atoms with Crippen molar-refractivity contribution in [2.45, 2.75) is 57.6 Å². The van der Waals surface area contributed by atoms with Crippen molar-refractivity contribution < 1.29 is 14.3 Å². The third-order valence-corrected chi connectivity index (χ3v) is 6.56. The average molecular weight is 448 g/mol. The summed E-state index contributed by atoms with van der Waals surface area (Å²) in [7, 11) is 0. The van der Waals surface area contributed by atoms with Crippen LogP contribution in [0.3, 0.4) is 0 Å². The number of amides is 1. The number of nitrogens with zero attached hydrogens (tertiary/aromatic N) is 4. The van der Waals surface area contributed by atoms with Crippen LogP contribution < -0.4 is 15.0 Å². The monoisotopic (exact) mass is 447 g/mol. The molecule has 1 aliphatic heterocycles. The van der Waals surface area contributed by atoms with Crippen LogP contribution in [0.1, 0.15) is 60.1 Å². The van der Waals surface area contributed by atoms with Crippen molar-refractivity contribution in [2.75, 3.05) is 18.0 Å². The minimum atomic E-state index is -0.208. The molecule has 2 aromatic rings. The van der Waals surface area contributed by atoms with E-state index in [1.54, 1.807) is 12.3 Å². The van der Waals surface area contributed by atoms with E-state index in [-0.39, 0.29) is 24.0 Å². The Balaban J connectivity index is 1.24. The van der Waals surface area contributed by atoms with Gasteiger partial charge in [-0.05, 0) is 69.2 Å². The predicted molar refractivity (Wildman–Crippen MR) is 123 cm³/mol. The lowest BCUT2D eigenvalue weighted by Crippen LogP contribution is -2.40. The maximum Gasteiger partial charge on any atom is 0.271 e. The summed E-state index contributed by atoms with van der Waals surface area (Å²) in [5, 5.41) is 12.1. The number of anilines is 1. The first-order valence-electron chi connectivity index (χ1n) is 11.6. The second-order valence-corrected chi connectivity index (χ2v) is 8.87. The van der Waals surface area contributed by atoms with Crippen LogP contribution in [-0.4, -0.2) is 47.4 Å². The normalized spacial score (nSPS) is 21.2. The first kappa shape index (κ1) is 22.7. The molecule has 1 N–H and O–H groups in total. The Morgan fingerprint density at radius 1 is 1.15 bits per heavy atom. The minimum Gasteiger partial charge on any atom is -0.490 e. The molecule has 1 saturated heterocycles. The number of hydrogen-bond donors (Lipinski definition) is 1. The maximum atomic E-state index is 12.6. The van der Waals surface area contributed by atoms with Gasteiger partial charge in [-0.2, -0.15) is 5.26 Å². The highest BCUT2D eigenvalue weighted by Crippen LogP contribution is 2.26. The smallest absolute Gasteiger partial charge is 0.271 e. The Morgan fingerprint density at radius 3 is 2.52 bits per heavy atom. The van der Waals surface area contributed by atoms with Crippen molar-refractivity contribution in [3.05, 3.63) is 47.4 Å². The molecular weight excluding hydrogens is 418 g/mol. The first-order chi connectivity index (χ1) is 16.1. The summed E-state index contributed by atoms with van der Waals surface area (Å²) in [6.07, 6.45) is 9.33. The summed E-state index contributed by atoms with van der Waals surface area (Å²) in [5.74, 6) is 1.45. The second kappa shape index (κ2) is 10.4. The van der Waals surface area contributed by atoms with Crippen LogP contribution in [-0.2, 0) is 4.79 Å². The number of aromatic nitrogens is 2. The van der Waals surface area contributed by atoms with Gasteiger partial charge in [0, 0.05) is 25.0 Å². The molecule has 2 fully saturated rings. The van der Waals surface area contributed by atoms with E-state index in [9.17, 15) is 9.59 Å². The van der Waals surface area contributed by atoms with Gasteiger partial charge in [0.2, 0.25) is 0 Å². The van der Waals surface area contributed by atoms with Gasteiger partial charge in [0.15, 0.2) is 0 Å². The third kappa shape index (κ3) is 5.67. The maximum absolute atomic E-state index is 12.6. The number of ether oxygens (including phenoxy) is 1. The summed E-state index contributed by atoms with van der Waals surface area (Å²) in [6.45, 7) is 3.46. The van der Waals surface area contributed by atoms with Crippen molar-refractivity contribution in [2.24, 2.45) is 5.92 Å². The molecule has 1 amide bonds. The summed E-state index contributed by atoms with van der Waals surface area (Å²) < 4.78 is 6.09. The van der Waals surface area contributed by atoms with Gasteiger partial charge in [0.1, 0.15) is 23.5 Å². The van der Waals surface area contributed by atoms with E-state index >= 15 is 0 Å². The topological polar surface area (TPSA) is 108 Å². The predicted octanol–water partition coefficient (Wildman–Crippen LogP) is 3.19. The molecule has 0 radical (unpaired) electrons. The van der Waals surface area contributed by atoms with Crippen molar-refractivity contribution in [3.8, 4) is 11.8 Å². The van der Waals surface area contributed by atoms with E-state index in [1.165, 1.54) is 6.20 Å². The molecule has 1 aromatic carbocycles. The SMILES string of the molecule is Cc1cc(OC2CCC(NC(=O)c3cnc(N4CCC(C=O)CC4)cn3)CC2)ccc1C#N. The summed E-state index contributed by atoms with van der Waals surface area (Å²) in [4.78, 5) is 34.4. The molecule has 172 valence electrons. The molecule has 8 nitrogen and oxygen atoms in total. The van der Waals surface area contributed by atoms with Gasteiger partial charge >= 0.3 is 0 Å². The quantitative estimate of drug-likeness (QED) is 0.678. The van der Waals surface area contributed by atoms with E-state index < -0.39 is 0 Å². The van der Waals surface area contributed by atoms with Crippen molar-refractivity contribution in [1.29, 1.82) is 5.26 Å². The van der Waals surface area contributed by atoms with Gasteiger partial charge in [-0.1, -0.05) is 0 Å². The van der Waals surface area contributed by atoms with E-state index in [2.05, 4.69) is 26.3 Å². The molecule has 1 aliphatic carbocycles. The summed E-state index contributed by atoms with van der Waals surface area (Å²) in [5.41, 5.74) is 1.88. The van der Waals surface area contributed by atoms with Crippen molar-refractivity contribution in [3.63, 3.8) is 0 Å². The van der Waals surface area contributed by atoms with Crippen LogP contribution in [0.15, 0.2) is 30.6 Å². The number of hydrogen-bond acceptors (Lipinski definition) is 7. The number of rotatable bonds is 6. The lowest BCUT2D eigenvalue weighted by molar-refractivity contribution is -0.111. The van der Waals surface area contributed by atoms with Gasteiger partial charge in [0.25, 0.3) is 5.91 Å². The molecular formula is C25H29N5O3. The zero-order chi connectivity index (χ0) is 23.2. The highest BCUT2D eigenvalue weighted by atomic mass is 16.5. The van der Waals surface area contributed by atoms with E-state index in [0.717, 1.165) is 75.0 Å². The van der Waals surface area contributed by atoms with E-state index in [4.69, 9.17) is 10.00 Å². The number of benzene rings is 1.